The summed E-state index contributed by atoms with van der Waals surface area (Å²) < 4.78 is 18.7. The van der Waals surface area contributed by atoms with Gasteiger partial charge in [-0.15, -0.1) is 0 Å². The zero-order valence-corrected chi connectivity index (χ0v) is 9.37. The second kappa shape index (κ2) is 5.61. The van der Waals surface area contributed by atoms with Gasteiger partial charge in [-0.25, -0.2) is 9.18 Å². The maximum Gasteiger partial charge on any atom is 0.335 e. The van der Waals surface area contributed by atoms with E-state index < -0.39 is 11.8 Å². The molecule has 0 saturated heterocycles. The van der Waals surface area contributed by atoms with Crippen LogP contribution in [0.5, 0.6) is 0 Å². The van der Waals surface area contributed by atoms with E-state index in [1.54, 1.807) is 0 Å². The first-order chi connectivity index (χ1) is 7.54. The average Bonchev–Trinajstić information content (AvgIpc) is 2.27. The topological polar surface area (TPSA) is 46.5 Å². The van der Waals surface area contributed by atoms with E-state index in [-0.39, 0.29) is 23.8 Å². The molecule has 1 aromatic carbocycles. The molecule has 0 aliphatic heterocycles. The Labute approximate surface area is 93.9 Å². The summed E-state index contributed by atoms with van der Waals surface area (Å²) in [7, 11) is 0. The van der Waals surface area contributed by atoms with Gasteiger partial charge >= 0.3 is 5.97 Å². The lowest BCUT2D eigenvalue weighted by molar-refractivity contribution is 0.0491. The molecule has 0 aromatic heterocycles. The highest BCUT2D eigenvalue weighted by Crippen LogP contribution is 2.13. The summed E-state index contributed by atoms with van der Waals surface area (Å²) in [5, 5.41) is 8.76. The first kappa shape index (κ1) is 12.6. The second-order valence-corrected chi connectivity index (χ2v) is 3.64. The summed E-state index contributed by atoms with van der Waals surface area (Å²) in [4.78, 5) is 10.7. The number of rotatable bonds is 5. The molecule has 0 saturated carbocycles. The maximum atomic E-state index is 13.3. The van der Waals surface area contributed by atoms with Gasteiger partial charge in [0.15, 0.2) is 0 Å². The standard InChI is InChI=1S/C12H15FO3/c1-3-8(2)16-7-10-6-9(12(14)15)4-5-11(10)13/h4-6,8H,3,7H2,1-2H3,(H,14,15). The van der Waals surface area contributed by atoms with Crippen LogP contribution in [0.3, 0.4) is 0 Å². The van der Waals surface area contributed by atoms with Gasteiger partial charge in [0.25, 0.3) is 0 Å². The van der Waals surface area contributed by atoms with Gasteiger partial charge in [-0.1, -0.05) is 6.92 Å². The number of halogens is 1. The molecule has 0 aliphatic rings. The number of carboxylic acids is 1. The summed E-state index contributed by atoms with van der Waals surface area (Å²) in [6, 6.07) is 3.70. The molecule has 0 heterocycles. The molecule has 1 atom stereocenters. The fourth-order valence-electron chi connectivity index (χ4n) is 1.17. The van der Waals surface area contributed by atoms with Gasteiger partial charge in [0, 0.05) is 5.56 Å². The third-order valence-corrected chi connectivity index (χ3v) is 2.39. The van der Waals surface area contributed by atoms with E-state index in [4.69, 9.17) is 9.84 Å². The molecule has 0 bridgehead atoms. The molecule has 4 heteroatoms. The Morgan fingerprint density at radius 3 is 2.81 bits per heavy atom. The molecule has 0 spiro atoms. The van der Waals surface area contributed by atoms with Crippen LogP contribution in [-0.2, 0) is 11.3 Å². The van der Waals surface area contributed by atoms with Gasteiger partial charge in [0.2, 0.25) is 0 Å². The first-order valence-electron chi connectivity index (χ1n) is 5.18. The van der Waals surface area contributed by atoms with E-state index >= 15 is 0 Å². The SMILES string of the molecule is CCC(C)OCc1cc(C(=O)O)ccc1F. The van der Waals surface area contributed by atoms with Crippen LogP contribution in [0.1, 0.15) is 36.2 Å². The Bertz CT molecular complexity index is 377. The van der Waals surface area contributed by atoms with E-state index in [2.05, 4.69) is 0 Å². The fraction of sp³-hybridized carbons (Fsp3) is 0.417. The van der Waals surface area contributed by atoms with Crippen LogP contribution in [-0.4, -0.2) is 17.2 Å². The minimum absolute atomic E-state index is 0.0351. The van der Waals surface area contributed by atoms with Crippen molar-refractivity contribution in [3.63, 3.8) is 0 Å². The number of aromatic carboxylic acids is 1. The van der Waals surface area contributed by atoms with Crippen molar-refractivity contribution in [3.8, 4) is 0 Å². The van der Waals surface area contributed by atoms with E-state index in [0.717, 1.165) is 12.5 Å². The normalized spacial score (nSPS) is 12.4. The van der Waals surface area contributed by atoms with Gasteiger partial charge in [-0.2, -0.15) is 0 Å². The first-order valence-corrected chi connectivity index (χ1v) is 5.18. The van der Waals surface area contributed by atoms with Crippen molar-refractivity contribution in [1.29, 1.82) is 0 Å². The molecule has 3 nitrogen and oxygen atoms in total. The molecule has 0 amide bonds. The molecule has 16 heavy (non-hydrogen) atoms. The molecule has 0 fully saturated rings. The number of benzene rings is 1. The van der Waals surface area contributed by atoms with Crippen molar-refractivity contribution in [2.75, 3.05) is 0 Å². The highest BCUT2D eigenvalue weighted by molar-refractivity contribution is 5.87. The lowest BCUT2D eigenvalue weighted by atomic mass is 10.1. The molecule has 1 unspecified atom stereocenters. The largest absolute Gasteiger partial charge is 0.478 e. The van der Waals surface area contributed by atoms with Crippen molar-refractivity contribution >= 4 is 5.97 Å². The maximum absolute atomic E-state index is 13.3. The second-order valence-electron chi connectivity index (χ2n) is 3.64. The van der Waals surface area contributed by atoms with E-state index in [1.165, 1.54) is 12.1 Å². The predicted molar refractivity (Wildman–Crippen MR) is 57.9 cm³/mol. The molecular weight excluding hydrogens is 211 g/mol. The zero-order chi connectivity index (χ0) is 12.1. The van der Waals surface area contributed by atoms with Gasteiger partial charge in [-0.05, 0) is 31.5 Å². The predicted octanol–water partition coefficient (Wildman–Crippen LogP) is 2.84. The molecular formula is C12H15FO3. The lowest BCUT2D eigenvalue weighted by Crippen LogP contribution is -2.08. The summed E-state index contributed by atoms with van der Waals surface area (Å²) in [6.07, 6.45) is 0.869. The lowest BCUT2D eigenvalue weighted by Gasteiger charge is -2.11. The number of ether oxygens (including phenoxy) is 1. The smallest absolute Gasteiger partial charge is 0.335 e. The Morgan fingerprint density at radius 1 is 1.56 bits per heavy atom. The minimum atomic E-state index is -1.07. The quantitative estimate of drug-likeness (QED) is 0.839. The number of hydrogen-bond donors (Lipinski definition) is 1. The summed E-state index contributed by atoms with van der Waals surface area (Å²) >= 11 is 0. The van der Waals surface area contributed by atoms with Crippen molar-refractivity contribution < 1.29 is 19.0 Å². The van der Waals surface area contributed by atoms with Crippen LogP contribution in [0, 0.1) is 5.82 Å². The summed E-state index contributed by atoms with van der Waals surface area (Å²) in [6.45, 7) is 3.95. The van der Waals surface area contributed by atoms with Crippen LogP contribution in [0.2, 0.25) is 0 Å². The summed E-state index contributed by atoms with van der Waals surface area (Å²) in [5.41, 5.74) is 0.351. The van der Waals surface area contributed by atoms with Crippen molar-refractivity contribution in [3.05, 3.63) is 35.1 Å². The molecule has 0 aliphatic carbocycles. The highest BCUT2D eigenvalue weighted by atomic mass is 19.1. The van der Waals surface area contributed by atoms with Crippen LogP contribution < -0.4 is 0 Å². The van der Waals surface area contributed by atoms with Crippen LogP contribution in [0.25, 0.3) is 0 Å². The zero-order valence-electron chi connectivity index (χ0n) is 9.37. The average molecular weight is 226 g/mol. The van der Waals surface area contributed by atoms with Crippen molar-refractivity contribution in [2.24, 2.45) is 0 Å². The van der Waals surface area contributed by atoms with Crippen molar-refractivity contribution in [2.45, 2.75) is 33.0 Å². The molecule has 88 valence electrons. The molecule has 1 aromatic rings. The molecule has 1 N–H and O–H groups in total. The van der Waals surface area contributed by atoms with E-state index in [0.29, 0.717) is 0 Å². The Hall–Kier alpha value is -1.42. The summed E-state index contributed by atoms with van der Waals surface area (Å²) in [5.74, 6) is -1.50. The third-order valence-electron chi connectivity index (χ3n) is 2.39. The number of carbonyl (C=O) groups is 1. The van der Waals surface area contributed by atoms with Gasteiger partial charge in [0.05, 0.1) is 18.3 Å². The van der Waals surface area contributed by atoms with Crippen molar-refractivity contribution in [1.82, 2.24) is 0 Å². The Balaban J connectivity index is 2.78. The van der Waals surface area contributed by atoms with Crippen LogP contribution >= 0.6 is 0 Å². The third kappa shape index (κ3) is 3.31. The fourth-order valence-corrected chi connectivity index (χ4v) is 1.17. The van der Waals surface area contributed by atoms with E-state index in [1.807, 2.05) is 13.8 Å². The van der Waals surface area contributed by atoms with Crippen LogP contribution in [0.15, 0.2) is 18.2 Å². The van der Waals surface area contributed by atoms with Gasteiger partial charge in [-0.3, -0.25) is 0 Å². The van der Waals surface area contributed by atoms with E-state index in [9.17, 15) is 9.18 Å². The minimum Gasteiger partial charge on any atom is -0.478 e. The number of hydrogen-bond acceptors (Lipinski definition) is 2. The highest BCUT2D eigenvalue weighted by Gasteiger charge is 2.09. The molecule has 1 rings (SSSR count). The van der Waals surface area contributed by atoms with Crippen LogP contribution in [0.4, 0.5) is 4.39 Å². The monoisotopic (exact) mass is 226 g/mol. The van der Waals surface area contributed by atoms with Gasteiger partial charge < -0.3 is 9.84 Å². The Kier molecular flexibility index (Phi) is 4.43. The molecule has 0 radical (unpaired) electrons. The Morgan fingerprint density at radius 2 is 2.25 bits per heavy atom. The number of carboxylic acid groups (broad SMARTS) is 1. The van der Waals surface area contributed by atoms with Gasteiger partial charge in [0.1, 0.15) is 5.82 Å².